The molecule has 0 spiro atoms. The lowest BCUT2D eigenvalue weighted by molar-refractivity contribution is -0.163. The van der Waals surface area contributed by atoms with E-state index in [4.69, 9.17) is 18.9 Å². The molecule has 4 aromatic carbocycles. The molecule has 77 heavy (non-hydrogen) atoms. The molecule has 0 bridgehead atoms. The molecule has 4 aliphatic carbocycles. The highest BCUT2D eigenvalue weighted by Gasteiger charge is 2.66. The summed E-state index contributed by atoms with van der Waals surface area (Å²) < 4.78 is 65.9. The molecule has 0 radical (unpaired) electrons. The SMILES string of the molecule is COC(=O)c1ccc2c(C3CCCCC3)c3n(c2c1)CC1(C(=O)OC(C)(C)C)CC1c1cc(F)ccc1-3.COC(=O)c1ccc2c(C3CCCCC3)c3n(c2c1)C[C@@]1(C(=O)OC(C)(C)C)C[C@H]1c1cc(F)ccc1-3.CSF. The number of rotatable bonds is 6. The molecule has 4 fully saturated rings. The van der Waals surface area contributed by atoms with E-state index in [1.165, 1.54) is 82.3 Å². The van der Waals surface area contributed by atoms with Crippen LogP contribution in [0.3, 0.4) is 0 Å². The van der Waals surface area contributed by atoms with Crippen LogP contribution in [0.25, 0.3) is 44.3 Å². The molecular formula is C63H71F3N2O8S. The standard InChI is InChI=1S/2C31H34FNO4.CH3FS/c2*1-30(2,3)37-29(35)31-16-24(31)23-15-20(32)11-13-21(23)27-26(18-8-6-5-7-9-18)22-12-10-19(28(34)36-4)14-25(22)33(27)17-31;1-3-2/h2*10-15,18,24H,5-9,16-17H2,1-4H3;1H3/t24-,31-;;/m0../s1. The Morgan fingerprint density at radius 3 is 1.26 bits per heavy atom. The van der Waals surface area contributed by atoms with Crippen LogP contribution in [0, 0.1) is 22.5 Å². The molecule has 14 heteroatoms. The average molecular weight is 1070 g/mol. The lowest BCUT2D eigenvalue weighted by Crippen LogP contribution is -2.32. The third-order valence-corrected chi connectivity index (χ3v) is 17.0. The predicted molar refractivity (Wildman–Crippen MR) is 295 cm³/mol. The summed E-state index contributed by atoms with van der Waals surface area (Å²) in [7, 11) is 2.77. The fourth-order valence-electron chi connectivity index (χ4n) is 13.5. The summed E-state index contributed by atoms with van der Waals surface area (Å²) in [6.07, 6.45) is 14.2. The van der Waals surface area contributed by atoms with Crippen LogP contribution in [0.5, 0.6) is 0 Å². The lowest BCUT2D eigenvalue weighted by Gasteiger charge is -2.25. The number of esters is 4. The second kappa shape index (κ2) is 20.7. The van der Waals surface area contributed by atoms with Crippen molar-refractivity contribution in [1.82, 2.24) is 9.13 Å². The van der Waals surface area contributed by atoms with Gasteiger partial charge in [-0.3, -0.25) is 9.59 Å². The first kappa shape index (κ1) is 54.3. The number of aromatic nitrogens is 2. The Morgan fingerprint density at radius 1 is 0.558 bits per heavy atom. The maximum Gasteiger partial charge on any atom is 0.337 e. The number of ether oxygens (including phenoxy) is 4. The molecule has 2 aromatic heterocycles. The number of nitrogens with zero attached hydrogens (tertiary/aromatic N) is 2. The largest absolute Gasteiger partial charge is 0.465 e. The van der Waals surface area contributed by atoms with E-state index < -0.39 is 22.0 Å². The van der Waals surface area contributed by atoms with Crippen molar-refractivity contribution >= 4 is 57.8 Å². The molecule has 10 nitrogen and oxygen atoms in total. The van der Waals surface area contributed by atoms with Gasteiger partial charge < -0.3 is 28.1 Å². The van der Waals surface area contributed by atoms with Crippen molar-refractivity contribution in [2.75, 3.05) is 20.5 Å². The Labute approximate surface area is 454 Å². The Morgan fingerprint density at radius 2 is 0.922 bits per heavy atom. The number of methoxy groups -OCH3 is 2. The first-order chi connectivity index (χ1) is 36.7. The summed E-state index contributed by atoms with van der Waals surface area (Å²) in [5.74, 6) is -1.30. The van der Waals surface area contributed by atoms with E-state index in [9.17, 15) is 31.8 Å². The average Bonchev–Trinajstić information content (AvgIpc) is 4.29. The van der Waals surface area contributed by atoms with Gasteiger partial charge in [0.15, 0.2) is 0 Å². The van der Waals surface area contributed by atoms with E-state index in [0.717, 1.165) is 81.1 Å². The summed E-state index contributed by atoms with van der Waals surface area (Å²) in [5, 5.41) is 2.20. The number of halogens is 3. The first-order valence-electron chi connectivity index (χ1n) is 27.4. The summed E-state index contributed by atoms with van der Waals surface area (Å²) in [4.78, 5) is 52.4. The maximum atomic E-state index is 14.7. The van der Waals surface area contributed by atoms with Gasteiger partial charge in [0.1, 0.15) is 22.8 Å². The quantitative estimate of drug-likeness (QED) is 0.119. The van der Waals surface area contributed by atoms with Crippen LogP contribution in [-0.4, -0.2) is 64.7 Å². The maximum absolute atomic E-state index is 14.7. The second-order valence-corrected chi connectivity index (χ2v) is 24.6. The van der Waals surface area contributed by atoms with Crippen LogP contribution in [0.2, 0.25) is 0 Å². The molecule has 12 rings (SSSR count). The molecule has 2 unspecified atom stereocenters. The van der Waals surface area contributed by atoms with Gasteiger partial charge in [0.25, 0.3) is 0 Å². The number of benzene rings is 4. The summed E-state index contributed by atoms with van der Waals surface area (Å²) >= 11 is 0.250. The minimum Gasteiger partial charge on any atom is -0.465 e. The Kier molecular flexibility index (Phi) is 14.6. The Bertz CT molecular complexity index is 3100. The number of hydrogen-bond acceptors (Lipinski definition) is 9. The number of hydrogen-bond donors (Lipinski definition) is 0. The molecule has 6 aliphatic rings. The molecule has 0 amide bonds. The zero-order valence-electron chi connectivity index (χ0n) is 45.8. The third-order valence-electron chi connectivity index (χ3n) is 17.0. The topological polar surface area (TPSA) is 115 Å². The van der Waals surface area contributed by atoms with Gasteiger partial charge in [0.05, 0.1) is 47.6 Å². The minimum absolute atomic E-state index is 0.106. The third kappa shape index (κ3) is 9.98. The normalized spacial score (nSPS) is 22.3. The van der Waals surface area contributed by atoms with Gasteiger partial charge in [0, 0.05) is 76.3 Å². The molecule has 0 N–H and O–H groups in total. The van der Waals surface area contributed by atoms with Gasteiger partial charge in [0.2, 0.25) is 0 Å². The molecule has 6 aromatic rings. The second-order valence-electron chi connectivity index (χ2n) is 24.3. The molecule has 2 aliphatic heterocycles. The van der Waals surface area contributed by atoms with E-state index >= 15 is 0 Å². The van der Waals surface area contributed by atoms with E-state index in [-0.39, 0.29) is 59.5 Å². The van der Waals surface area contributed by atoms with Gasteiger partial charge in [-0.15, -0.1) is 0 Å². The molecule has 0 saturated heterocycles. The molecule has 4 atom stereocenters. The zero-order chi connectivity index (χ0) is 54.9. The monoisotopic (exact) mass is 1070 g/mol. The van der Waals surface area contributed by atoms with Gasteiger partial charge in [-0.25, -0.2) is 18.4 Å². The van der Waals surface area contributed by atoms with Crippen molar-refractivity contribution in [3.63, 3.8) is 0 Å². The van der Waals surface area contributed by atoms with Crippen LogP contribution < -0.4 is 0 Å². The number of carbonyl (C=O) groups excluding carboxylic acids is 4. The molecule has 4 saturated carbocycles. The van der Waals surface area contributed by atoms with E-state index in [0.29, 0.717) is 48.9 Å². The van der Waals surface area contributed by atoms with E-state index in [1.54, 1.807) is 12.1 Å². The smallest absolute Gasteiger partial charge is 0.337 e. The van der Waals surface area contributed by atoms with Gasteiger partial charge in [-0.05, 0) is 175 Å². The summed E-state index contributed by atoms with van der Waals surface area (Å²) in [5.41, 5.74) is 8.44. The Hall–Kier alpha value is -6.02. The zero-order valence-corrected chi connectivity index (χ0v) is 46.7. The van der Waals surface area contributed by atoms with Crippen molar-refractivity contribution in [2.45, 2.75) is 167 Å². The predicted octanol–water partition coefficient (Wildman–Crippen LogP) is 15.5. The summed E-state index contributed by atoms with van der Waals surface area (Å²) in [6.45, 7) is 12.1. The van der Waals surface area contributed by atoms with Crippen molar-refractivity contribution in [3.8, 4) is 22.5 Å². The molecule has 408 valence electrons. The highest BCUT2D eigenvalue weighted by atomic mass is 32.2. The van der Waals surface area contributed by atoms with Crippen LogP contribution in [0.4, 0.5) is 12.7 Å². The van der Waals surface area contributed by atoms with Crippen LogP contribution in [-0.2, 0) is 41.6 Å². The summed E-state index contributed by atoms with van der Waals surface area (Å²) in [6, 6.07) is 21.5. The number of carbonyl (C=O) groups is 4. The van der Waals surface area contributed by atoms with Crippen molar-refractivity contribution in [2.24, 2.45) is 10.8 Å². The fourth-order valence-corrected chi connectivity index (χ4v) is 13.5. The highest BCUT2D eigenvalue weighted by Crippen LogP contribution is 2.67. The fraction of sp³-hybridized carbons (Fsp3) is 0.492. The van der Waals surface area contributed by atoms with Crippen LogP contribution in [0.1, 0.15) is 185 Å². The minimum atomic E-state index is -0.766. The highest BCUT2D eigenvalue weighted by molar-refractivity contribution is 7.93. The van der Waals surface area contributed by atoms with Gasteiger partial charge in [-0.2, -0.15) is 3.89 Å². The molecular weight excluding hydrogens is 1000 g/mol. The lowest BCUT2D eigenvalue weighted by atomic mass is 9.81. The van der Waals surface area contributed by atoms with Crippen molar-refractivity contribution in [3.05, 3.63) is 118 Å². The van der Waals surface area contributed by atoms with Crippen LogP contribution >= 0.6 is 12.1 Å². The Balaban J connectivity index is 0.000000166. The van der Waals surface area contributed by atoms with Gasteiger partial charge >= 0.3 is 23.9 Å². The molecule has 4 heterocycles. The van der Waals surface area contributed by atoms with Gasteiger partial charge in [-0.1, -0.05) is 50.7 Å². The number of fused-ring (bicyclic) bond motifs is 14. The van der Waals surface area contributed by atoms with Crippen molar-refractivity contribution < 1.29 is 50.8 Å². The van der Waals surface area contributed by atoms with E-state index in [1.807, 2.05) is 90.1 Å². The van der Waals surface area contributed by atoms with Crippen molar-refractivity contribution in [1.29, 1.82) is 0 Å². The van der Waals surface area contributed by atoms with Crippen LogP contribution in [0.15, 0.2) is 72.8 Å². The first-order valence-corrected chi connectivity index (χ1v) is 28.5. The van der Waals surface area contributed by atoms with E-state index in [2.05, 4.69) is 9.13 Å².